The maximum absolute atomic E-state index is 13.0. The summed E-state index contributed by atoms with van der Waals surface area (Å²) in [6, 6.07) is 12.8. The van der Waals surface area contributed by atoms with Crippen LogP contribution >= 0.6 is 0 Å². The number of hydrogen-bond donors (Lipinski definition) is 4. The number of fused-ring (bicyclic) bond motifs is 1. The quantitative estimate of drug-likeness (QED) is 0.327. The minimum atomic E-state index is -1.46. The SMILES string of the molecule is Cc1ccc(N2CCN(C)CC2)c2c1CC[C@@H](NC(=O)c1ccc(N3CCOCC3)cc1)C2.O=C1O[C@H]([C@@H](O)CO)C(O)=C1[O-]. The van der Waals surface area contributed by atoms with Crippen molar-refractivity contribution in [2.75, 3.05) is 75.9 Å². The molecule has 1 amide bonds. The van der Waals surface area contributed by atoms with Gasteiger partial charge in [0.05, 0.1) is 19.8 Å². The summed E-state index contributed by atoms with van der Waals surface area (Å²) < 4.78 is 9.69. The van der Waals surface area contributed by atoms with E-state index in [0.717, 1.165) is 83.0 Å². The second-order valence-corrected chi connectivity index (χ2v) is 12.0. The van der Waals surface area contributed by atoms with Gasteiger partial charge in [0.1, 0.15) is 11.9 Å². The lowest BCUT2D eigenvalue weighted by Gasteiger charge is -2.37. The number of cyclic esters (lactones) is 1. The highest BCUT2D eigenvalue weighted by Gasteiger charge is 2.34. The Labute approximate surface area is 263 Å². The Morgan fingerprint density at radius 3 is 2.33 bits per heavy atom. The van der Waals surface area contributed by atoms with Crippen LogP contribution in [-0.2, 0) is 27.1 Å². The third-order valence-corrected chi connectivity index (χ3v) is 8.98. The van der Waals surface area contributed by atoms with Gasteiger partial charge in [0, 0.05) is 68.0 Å². The van der Waals surface area contributed by atoms with Gasteiger partial charge in [0.15, 0.2) is 6.10 Å². The number of carbonyl (C=O) groups excluding carboxylic acids is 2. The Morgan fingerprint density at radius 1 is 1.02 bits per heavy atom. The zero-order valence-corrected chi connectivity index (χ0v) is 25.9. The molecule has 0 radical (unpaired) electrons. The topological polar surface area (TPSA) is 158 Å². The molecule has 1 aliphatic carbocycles. The van der Waals surface area contributed by atoms with Crippen molar-refractivity contribution >= 4 is 23.3 Å². The number of amides is 1. The molecule has 2 fully saturated rings. The summed E-state index contributed by atoms with van der Waals surface area (Å²) in [6.45, 7) is 9.20. The number of esters is 1. The van der Waals surface area contributed by atoms with Gasteiger partial charge < -0.3 is 49.9 Å². The molecule has 2 aromatic rings. The highest BCUT2D eigenvalue weighted by molar-refractivity contribution is 5.94. The summed E-state index contributed by atoms with van der Waals surface area (Å²) >= 11 is 0. The van der Waals surface area contributed by atoms with Gasteiger partial charge in [0.2, 0.25) is 0 Å². The lowest BCUT2D eigenvalue weighted by atomic mass is 9.84. The molecule has 4 aliphatic rings. The maximum Gasteiger partial charge on any atom is 0.327 e. The van der Waals surface area contributed by atoms with Crippen LogP contribution in [0.3, 0.4) is 0 Å². The summed E-state index contributed by atoms with van der Waals surface area (Å²) in [5.74, 6) is -3.22. The first-order valence-corrected chi connectivity index (χ1v) is 15.5. The van der Waals surface area contributed by atoms with E-state index >= 15 is 0 Å². The van der Waals surface area contributed by atoms with E-state index in [-0.39, 0.29) is 11.9 Å². The van der Waals surface area contributed by atoms with E-state index in [4.69, 9.17) is 20.1 Å². The van der Waals surface area contributed by atoms with Crippen LogP contribution in [0.1, 0.15) is 33.5 Å². The Kier molecular flexibility index (Phi) is 10.5. The summed E-state index contributed by atoms with van der Waals surface area (Å²) in [5.41, 5.74) is 7.59. The van der Waals surface area contributed by atoms with Crippen LogP contribution in [0.5, 0.6) is 0 Å². The number of carbonyl (C=O) groups is 2. The molecule has 0 aromatic heterocycles. The van der Waals surface area contributed by atoms with Gasteiger partial charge in [-0.05, 0) is 80.3 Å². The van der Waals surface area contributed by atoms with E-state index in [0.29, 0.717) is 0 Å². The Hall–Kier alpha value is -3.84. The summed E-state index contributed by atoms with van der Waals surface area (Å²) in [7, 11) is 2.20. The highest BCUT2D eigenvalue weighted by Crippen LogP contribution is 2.33. The summed E-state index contributed by atoms with van der Waals surface area (Å²) in [5, 5.41) is 40.1. The van der Waals surface area contributed by atoms with Gasteiger partial charge in [-0.2, -0.15) is 0 Å². The molecule has 244 valence electrons. The van der Waals surface area contributed by atoms with Crippen molar-refractivity contribution in [3.63, 3.8) is 0 Å². The van der Waals surface area contributed by atoms with Crippen molar-refractivity contribution in [3.8, 4) is 0 Å². The molecule has 2 aromatic carbocycles. The molecule has 0 bridgehead atoms. The molecule has 6 rings (SSSR count). The number of hydrogen-bond acceptors (Lipinski definition) is 11. The van der Waals surface area contributed by atoms with Crippen molar-refractivity contribution < 1.29 is 39.5 Å². The van der Waals surface area contributed by atoms with Crippen LogP contribution in [0, 0.1) is 6.92 Å². The molecule has 3 heterocycles. The monoisotopic (exact) mass is 623 g/mol. The van der Waals surface area contributed by atoms with Gasteiger partial charge in [-0.15, -0.1) is 0 Å². The molecule has 0 spiro atoms. The van der Waals surface area contributed by atoms with E-state index in [1.165, 1.54) is 22.4 Å². The van der Waals surface area contributed by atoms with Crippen LogP contribution in [0.4, 0.5) is 11.4 Å². The van der Waals surface area contributed by atoms with Crippen molar-refractivity contribution in [2.45, 2.75) is 44.4 Å². The van der Waals surface area contributed by atoms with E-state index in [1.807, 2.05) is 12.1 Å². The minimum absolute atomic E-state index is 0.0331. The molecule has 0 saturated carbocycles. The molecular formula is C33H43N4O8-. The number of benzene rings is 2. The predicted molar refractivity (Wildman–Crippen MR) is 166 cm³/mol. The zero-order chi connectivity index (χ0) is 32.1. The largest absolute Gasteiger partial charge is 0.865 e. The first kappa shape index (κ1) is 32.6. The maximum atomic E-state index is 13.0. The lowest BCUT2D eigenvalue weighted by Crippen LogP contribution is -2.45. The highest BCUT2D eigenvalue weighted by atomic mass is 16.6. The van der Waals surface area contributed by atoms with Gasteiger partial charge in [0.25, 0.3) is 5.91 Å². The van der Waals surface area contributed by atoms with Gasteiger partial charge in [-0.1, -0.05) is 6.07 Å². The third-order valence-electron chi connectivity index (χ3n) is 8.98. The number of likely N-dealkylation sites (N-methyl/N-ethyl adjacent to an activating group) is 1. The molecule has 12 nitrogen and oxygen atoms in total. The van der Waals surface area contributed by atoms with Crippen molar-refractivity contribution in [2.24, 2.45) is 0 Å². The van der Waals surface area contributed by atoms with Gasteiger partial charge >= 0.3 is 5.97 Å². The number of piperazine rings is 1. The number of morpholine rings is 1. The molecule has 12 heteroatoms. The van der Waals surface area contributed by atoms with Crippen molar-refractivity contribution in [3.05, 3.63) is 70.2 Å². The number of aliphatic hydroxyl groups is 3. The normalized spacial score (nSPS) is 22.7. The molecule has 4 N–H and O–H groups in total. The fourth-order valence-electron chi connectivity index (χ4n) is 6.24. The Morgan fingerprint density at radius 2 is 1.71 bits per heavy atom. The Bertz CT molecular complexity index is 1380. The minimum Gasteiger partial charge on any atom is -0.865 e. The van der Waals surface area contributed by atoms with Crippen LogP contribution < -0.4 is 20.2 Å². The number of nitrogens with one attached hydrogen (secondary N) is 1. The number of aryl methyl sites for hydroxylation is 1. The second kappa shape index (κ2) is 14.5. The summed E-state index contributed by atoms with van der Waals surface area (Å²) in [6.07, 6.45) is 0.0628. The lowest BCUT2D eigenvalue weighted by molar-refractivity contribution is -0.303. The van der Waals surface area contributed by atoms with Gasteiger partial charge in [-0.25, -0.2) is 4.79 Å². The average Bonchev–Trinajstić information content (AvgIpc) is 3.33. The molecule has 45 heavy (non-hydrogen) atoms. The number of aliphatic hydroxyl groups excluding tert-OH is 3. The van der Waals surface area contributed by atoms with Gasteiger partial charge in [-0.3, -0.25) is 4.79 Å². The molecule has 3 aliphatic heterocycles. The second-order valence-electron chi connectivity index (χ2n) is 12.0. The first-order valence-electron chi connectivity index (χ1n) is 15.5. The van der Waals surface area contributed by atoms with Crippen LogP contribution in [-0.4, -0.2) is 116 Å². The molecule has 3 atom stereocenters. The molecular weight excluding hydrogens is 580 g/mol. The van der Waals surface area contributed by atoms with Crippen molar-refractivity contribution in [1.29, 1.82) is 0 Å². The fourth-order valence-corrected chi connectivity index (χ4v) is 6.24. The van der Waals surface area contributed by atoms with E-state index in [2.05, 4.69) is 63.0 Å². The van der Waals surface area contributed by atoms with Crippen LogP contribution in [0.2, 0.25) is 0 Å². The zero-order valence-electron chi connectivity index (χ0n) is 25.9. The third kappa shape index (κ3) is 7.52. The number of ether oxygens (including phenoxy) is 2. The smallest absolute Gasteiger partial charge is 0.327 e. The number of anilines is 2. The number of rotatable bonds is 6. The van der Waals surface area contributed by atoms with E-state index < -0.39 is 36.3 Å². The molecule has 0 unspecified atom stereocenters. The standard InChI is InChI=1S/C27H36N4O2.C6H8O6/c1-20-3-10-26(31-13-11-29(2)12-14-31)25-19-22(6-9-24(20)25)28-27(32)21-4-7-23(8-5-21)30-15-17-33-18-16-30;7-1-2(8)5-3(9)4(10)6(11)12-5/h3-5,7-8,10,22H,6,9,11-19H2,1-2H3,(H,28,32);2,5,7-10H,1H2/p-1/t22-;2-,5+/m10/s1. The average molecular weight is 624 g/mol. The van der Waals surface area contributed by atoms with E-state index in [9.17, 15) is 14.7 Å². The fraction of sp³-hybridized carbons (Fsp3) is 0.515. The predicted octanol–water partition coefficient (Wildman–Crippen LogP) is 0.266. The Balaban J connectivity index is 0.000000282. The van der Waals surface area contributed by atoms with Crippen LogP contribution in [0.25, 0.3) is 0 Å². The number of nitrogens with zero attached hydrogens (tertiary/aromatic N) is 3. The summed E-state index contributed by atoms with van der Waals surface area (Å²) in [4.78, 5) is 30.8. The van der Waals surface area contributed by atoms with Crippen molar-refractivity contribution in [1.82, 2.24) is 10.2 Å². The molecule has 2 saturated heterocycles. The van der Waals surface area contributed by atoms with E-state index in [1.54, 1.807) is 0 Å². The van der Waals surface area contributed by atoms with Crippen LogP contribution in [0.15, 0.2) is 47.9 Å². The first-order chi connectivity index (χ1) is 21.7.